The molecule has 2 N–H and O–H groups in total. The third-order valence-electron chi connectivity index (χ3n) is 3.29. The Labute approximate surface area is 128 Å². The molecule has 0 aliphatic heterocycles. The minimum atomic E-state index is 0.551. The van der Waals surface area contributed by atoms with Gasteiger partial charge in [-0.25, -0.2) is 0 Å². The minimum Gasteiger partial charge on any atom is -0.361 e. The van der Waals surface area contributed by atoms with Crippen LogP contribution in [0.5, 0.6) is 0 Å². The van der Waals surface area contributed by atoms with E-state index in [1.54, 1.807) is 0 Å². The van der Waals surface area contributed by atoms with Crippen LogP contribution in [0.4, 0.5) is 5.69 Å². The average Bonchev–Trinajstić information content (AvgIpc) is 2.36. The van der Waals surface area contributed by atoms with Crippen molar-refractivity contribution in [3.05, 3.63) is 29.8 Å². The van der Waals surface area contributed by atoms with E-state index in [-0.39, 0.29) is 0 Å². The summed E-state index contributed by atoms with van der Waals surface area (Å²) in [7, 11) is 0. The van der Waals surface area contributed by atoms with Gasteiger partial charge in [-0.3, -0.25) is 4.90 Å². The Bertz CT molecular complexity index is 404. The minimum absolute atomic E-state index is 0.551. The number of rotatable bonds is 6. The zero-order chi connectivity index (χ0) is 15.1. The van der Waals surface area contributed by atoms with E-state index in [4.69, 9.17) is 12.2 Å². The van der Waals surface area contributed by atoms with E-state index < -0.39 is 0 Å². The number of thiocarbonyl (C=S) groups is 1. The van der Waals surface area contributed by atoms with Crippen LogP contribution in [0.2, 0.25) is 0 Å². The smallest absolute Gasteiger partial charge is 0.170 e. The zero-order valence-corrected chi connectivity index (χ0v) is 14.1. The van der Waals surface area contributed by atoms with Gasteiger partial charge in [-0.15, -0.1) is 0 Å². The summed E-state index contributed by atoms with van der Waals surface area (Å²) in [6.07, 6.45) is 0. The summed E-state index contributed by atoms with van der Waals surface area (Å²) in [5, 5.41) is 7.15. The molecule has 0 saturated carbocycles. The summed E-state index contributed by atoms with van der Waals surface area (Å²) in [5.74, 6) is 0. The Kier molecular flexibility index (Phi) is 6.96. The molecule has 0 heterocycles. The Balaban J connectivity index is 2.34. The number of aryl methyl sites for hydroxylation is 1. The molecule has 20 heavy (non-hydrogen) atoms. The lowest BCUT2D eigenvalue weighted by atomic mass is 10.2. The van der Waals surface area contributed by atoms with Gasteiger partial charge in [-0.1, -0.05) is 17.7 Å². The first-order chi connectivity index (χ1) is 9.40. The fourth-order valence-corrected chi connectivity index (χ4v) is 2.44. The molecule has 3 nitrogen and oxygen atoms in total. The van der Waals surface area contributed by atoms with E-state index in [0.29, 0.717) is 17.2 Å². The molecular formula is C16H27N3S. The number of nitrogens with one attached hydrogen (secondary N) is 2. The fourth-order valence-electron chi connectivity index (χ4n) is 2.22. The number of nitrogens with zero attached hydrogens (tertiary/aromatic N) is 1. The van der Waals surface area contributed by atoms with Crippen molar-refractivity contribution in [1.29, 1.82) is 0 Å². The highest BCUT2D eigenvalue weighted by Crippen LogP contribution is 2.08. The first-order valence-electron chi connectivity index (χ1n) is 7.27. The third-order valence-corrected chi connectivity index (χ3v) is 3.54. The van der Waals surface area contributed by atoms with Gasteiger partial charge < -0.3 is 10.6 Å². The van der Waals surface area contributed by atoms with E-state index in [0.717, 1.165) is 18.8 Å². The first-order valence-corrected chi connectivity index (χ1v) is 7.68. The van der Waals surface area contributed by atoms with Crippen LogP contribution in [-0.2, 0) is 0 Å². The number of hydrogen-bond acceptors (Lipinski definition) is 2. The quantitative estimate of drug-likeness (QED) is 0.786. The summed E-state index contributed by atoms with van der Waals surface area (Å²) in [4.78, 5) is 2.45. The van der Waals surface area contributed by atoms with Crippen molar-refractivity contribution in [2.45, 2.75) is 46.7 Å². The maximum Gasteiger partial charge on any atom is 0.170 e. The van der Waals surface area contributed by atoms with E-state index >= 15 is 0 Å². The third kappa shape index (κ3) is 5.88. The molecule has 1 aromatic carbocycles. The normalized spacial score (nSPS) is 11.2. The van der Waals surface area contributed by atoms with Crippen LogP contribution in [0.25, 0.3) is 0 Å². The molecule has 0 unspecified atom stereocenters. The average molecular weight is 293 g/mol. The van der Waals surface area contributed by atoms with Crippen LogP contribution >= 0.6 is 12.2 Å². The highest BCUT2D eigenvalue weighted by molar-refractivity contribution is 7.80. The van der Waals surface area contributed by atoms with Gasteiger partial charge in [0.1, 0.15) is 0 Å². The lowest BCUT2D eigenvalue weighted by molar-refractivity contribution is 0.178. The van der Waals surface area contributed by atoms with Gasteiger partial charge in [-0.05, 0) is 59.0 Å². The van der Waals surface area contributed by atoms with Gasteiger partial charge in [0.2, 0.25) is 0 Å². The molecule has 0 spiro atoms. The van der Waals surface area contributed by atoms with Gasteiger partial charge >= 0.3 is 0 Å². The van der Waals surface area contributed by atoms with Gasteiger partial charge in [0.05, 0.1) is 0 Å². The van der Waals surface area contributed by atoms with Gasteiger partial charge in [0.15, 0.2) is 5.11 Å². The molecule has 0 atom stereocenters. The lowest BCUT2D eigenvalue weighted by Gasteiger charge is -2.30. The van der Waals surface area contributed by atoms with Crippen molar-refractivity contribution in [1.82, 2.24) is 10.2 Å². The topological polar surface area (TPSA) is 27.3 Å². The summed E-state index contributed by atoms with van der Waals surface area (Å²) in [5.41, 5.74) is 2.27. The van der Waals surface area contributed by atoms with Crippen molar-refractivity contribution >= 4 is 23.0 Å². The van der Waals surface area contributed by atoms with Crippen molar-refractivity contribution in [2.75, 3.05) is 18.4 Å². The van der Waals surface area contributed by atoms with Crippen LogP contribution in [0.15, 0.2) is 24.3 Å². The maximum absolute atomic E-state index is 5.31. The molecule has 0 saturated heterocycles. The van der Waals surface area contributed by atoms with Crippen LogP contribution in [0, 0.1) is 6.92 Å². The van der Waals surface area contributed by atoms with Crippen molar-refractivity contribution in [3.8, 4) is 0 Å². The molecule has 0 aromatic heterocycles. The molecule has 1 rings (SSSR count). The predicted molar refractivity (Wildman–Crippen MR) is 92.4 cm³/mol. The summed E-state index contributed by atoms with van der Waals surface area (Å²) in [6.45, 7) is 12.8. The summed E-state index contributed by atoms with van der Waals surface area (Å²) < 4.78 is 0. The largest absolute Gasteiger partial charge is 0.361 e. The van der Waals surface area contributed by atoms with E-state index in [9.17, 15) is 0 Å². The van der Waals surface area contributed by atoms with E-state index in [1.807, 2.05) is 12.1 Å². The van der Waals surface area contributed by atoms with Gasteiger partial charge in [-0.2, -0.15) is 0 Å². The van der Waals surface area contributed by atoms with E-state index in [1.165, 1.54) is 5.56 Å². The maximum atomic E-state index is 5.31. The van der Waals surface area contributed by atoms with Crippen molar-refractivity contribution in [3.63, 3.8) is 0 Å². The molecule has 0 fully saturated rings. The monoisotopic (exact) mass is 293 g/mol. The number of hydrogen-bond donors (Lipinski definition) is 2. The van der Waals surface area contributed by atoms with Gasteiger partial charge in [0, 0.05) is 30.9 Å². The molecule has 112 valence electrons. The SMILES string of the molecule is Cc1ccc(NC(=S)NCCN(C(C)C)C(C)C)cc1. The molecular weight excluding hydrogens is 266 g/mol. The fraction of sp³-hybridized carbons (Fsp3) is 0.562. The molecule has 1 aromatic rings. The highest BCUT2D eigenvalue weighted by atomic mass is 32.1. The predicted octanol–water partition coefficient (Wildman–Crippen LogP) is 3.40. The van der Waals surface area contributed by atoms with Gasteiger partial charge in [0.25, 0.3) is 0 Å². The van der Waals surface area contributed by atoms with Crippen LogP contribution in [0.1, 0.15) is 33.3 Å². The van der Waals surface area contributed by atoms with Crippen LogP contribution in [-0.4, -0.2) is 35.2 Å². The Morgan fingerprint density at radius 2 is 1.65 bits per heavy atom. The second kappa shape index (κ2) is 8.22. The molecule has 0 aliphatic rings. The highest BCUT2D eigenvalue weighted by Gasteiger charge is 2.12. The number of anilines is 1. The van der Waals surface area contributed by atoms with Crippen LogP contribution in [0.3, 0.4) is 0 Å². The molecule has 0 aliphatic carbocycles. The molecule has 4 heteroatoms. The van der Waals surface area contributed by atoms with E-state index in [2.05, 4.69) is 62.3 Å². The lowest BCUT2D eigenvalue weighted by Crippen LogP contribution is -2.43. The molecule has 0 amide bonds. The van der Waals surface area contributed by atoms with Crippen LogP contribution < -0.4 is 10.6 Å². The summed E-state index contributed by atoms with van der Waals surface area (Å²) >= 11 is 5.31. The van der Waals surface area contributed by atoms with Crippen molar-refractivity contribution in [2.24, 2.45) is 0 Å². The Hall–Kier alpha value is -1.13. The number of benzene rings is 1. The molecule has 0 radical (unpaired) electrons. The standard InChI is InChI=1S/C16H27N3S/c1-12(2)19(13(3)4)11-10-17-16(20)18-15-8-6-14(5)7-9-15/h6-9,12-13H,10-11H2,1-5H3,(H2,17,18,20). The van der Waals surface area contributed by atoms with Crippen molar-refractivity contribution < 1.29 is 0 Å². The zero-order valence-electron chi connectivity index (χ0n) is 13.2. The second-order valence-corrected chi connectivity index (χ2v) is 6.08. The first kappa shape index (κ1) is 16.9. The summed E-state index contributed by atoms with van der Waals surface area (Å²) in [6, 6.07) is 9.33. The Morgan fingerprint density at radius 1 is 1.10 bits per heavy atom. The molecule has 0 bridgehead atoms. The Morgan fingerprint density at radius 3 is 2.15 bits per heavy atom. The second-order valence-electron chi connectivity index (χ2n) is 5.67.